The van der Waals surface area contributed by atoms with Crippen LogP contribution < -0.4 is 0 Å². The summed E-state index contributed by atoms with van der Waals surface area (Å²) in [5, 5.41) is 0. The number of rotatable bonds is 18. The van der Waals surface area contributed by atoms with Gasteiger partial charge in [0.25, 0.3) is 0 Å². The van der Waals surface area contributed by atoms with Gasteiger partial charge in [0.05, 0.1) is 0 Å². The monoisotopic (exact) mass is 558 g/mol. The van der Waals surface area contributed by atoms with Gasteiger partial charge in [0, 0.05) is 0 Å². The van der Waals surface area contributed by atoms with Crippen LogP contribution in [0.1, 0.15) is 129 Å². The predicted octanol–water partition coefficient (Wildman–Crippen LogP) is 11.7. The zero-order chi connectivity index (χ0) is 29.4. The van der Waals surface area contributed by atoms with Crippen molar-refractivity contribution in [3.8, 4) is 0 Å². The van der Waals surface area contributed by atoms with Gasteiger partial charge in [-0.05, 0) is 108 Å². The minimum absolute atomic E-state index is 1.02. The summed E-state index contributed by atoms with van der Waals surface area (Å²) in [4.78, 5) is 0. The molecule has 0 radical (unpaired) electrons. The van der Waals surface area contributed by atoms with E-state index in [9.17, 15) is 0 Å². The Morgan fingerprint density at radius 2 is 0.619 bits per heavy atom. The Bertz CT molecular complexity index is 1270. The standard InChI is InChI=1S/C42H54/c1-4-7-10-20-34-23-13-16-26-37(34)31-40-29-19-30-41(32-38-27-17-14-24-35(38)21-11-8-5-2)42(40)33-39-28-18-15-25-36(39)22-12-9-6-3/h13-19,23-30H,4-12,20-22,31-33H2,1-3H3. The van der Waals surface area contributed by atoms with E-state index in [1.165, 1.54) is 122 Å². The maximum absolute atomic E-state index is 2.41. The fraction of sp³-hybridized carbons (Fsp3) is 0.429. The quantitative estimate of drug-likeness (QED) is 0.107. The van der Waals surface area contributed by atoms with Crippen molar-refractivity contribution in [1.82, 2.24) is 0 Å². The normalized spacial score (nSPS) is 11.2. The summed E-state index contributed by atoms with van der Waals surface area (Å²) in [7, 11) is 0. The van der Waals surface area contributed by atoms with Gasteiger partial charge in [-0.3, -0.25) is 0 Å². The van der Waals surface area contributed by atoms with Gasteiger partial charge in [-0.2, -0.15) is 0 Å². The fourth-order valence-corrected chi connectivity index (χ4v) is 6.46. The first-order valence-corrected chi connectivity index (χ1v) is 17.0. The van der Waals surface area contributed by atoms with Crippen LogP contribution in [0, 0.1) is 0 Å². The highest BCUT2D eigenvalue weighted by molar-refractivity contribution is 5.47. The Kier molecular flexibility index (Phi) is 13.4. The molecule has 4 aromatic rings. The fourth-order valence-electron chi connectivity index (χ4n) is 6.46. The summed E-state index contributed by atoms with van der Waals surface area (Å²) in [5.41, 5.74) is 13.7. The average molecular weight is 559 g/mol. The zero-order valence-corrected chi connectivity index (χ0v) is 26.8. The maximum atomic E-state index is 2.41. The van der Waals surface area contributed by atoms with Gasteiger partial charge in [-0.15, -0.1) is 0 Å². The van der Waals surface area contributed by atoms with Crippen LogP contribution in [-0.4, -0.2) is 0 Å². The smallest absolute Gasteiger partial charge is 0.00173 e. The average Bonchev–Trinajstić information content (AvgIpc) is 3.01. The van der Waals surface area contributed by atoms with Crippen LogP contribution >= 0.6 is 0 Å². The van der Waals surface area contributed by atoms with E-state index in [1.54, 1.807) is 5.56 Å². The van der Waals surface area contributed by atoms with Crippen molar-refractivity contribution in [2.75, 3.05) is 0 Å². The van der Waals surface area contributed by atoms with E-state index in [4.69, 9.17) is 0 Å². The van der Waals surface area contributed by atoms with E-state index in [0.717, 1.165) is 19.3 Å². The topological polar surface area (TPSA) is 0 Å². The molecule has 0 nitrogen and oxygen atoms in total. The van der Waals surface area contributed by atoms with Crippen molar-refractivity contribution in [2.45, 2.75) is 117 Å². The first-order chi connectivity index (χ1) is 20.7. The third kappa shape index (κ3) is 9.45. The van der Waals surface area contributed by atoms with Crippen molar-refractivity contribution >= 4 is 0 Å². The van der Waals surface area contributed by atoms with E-state index in [-0.39, 0.29) is 0 Å². The second-order valence-corrected chi connectivity index (χ2v) is 12.3. The number of benzene rings is 4. The summed E-state index contributed by atoms with van der Waals surface area (Å²) >= 11 is 0. The van der Waals surface area contributed by atoms with Crippen molar-refractivity contribution in [2.24, 2.45) is 0 Å². The van der Waals surface area contributed by atoms with Crippen molar-refractivity contribution in [3.05, 3.63) is 141 Å². The number of aryl methyl sites for hydroxylation is 3. The summed E-state index contributed by atoms with van der Waals surface area (Å²) in [6, 6.07) is 34.8. The van der Waals surface area contributed by atoms with Crippen LogP contribution in [0.3, 0.4) is 0 Å². The lowest BCUT2D eigenvalue weighted by molar-refractivity contribution is 0.713. The minimum atomic E-state index is 1.02. The molecule has 0 aromatic heterocycles. The summed E-state index contributed by atoms with van der Waals surface area (Å²) in [6.45, 7) is 6.89. The van der Waals surface area contributed by atoms with Crippen LogP contribution in [0.4, 0.5) is 0 Å². The third-order valence-electron chi connectivity index (χ3n) is 9.00. The first kappa shape index (κ1) is 31.8. The third-order valence-corrected chi connectivity index (χ3v) is 9.00. The molecule has 0 heteroatoms. The van der Waals surface area contributed by atoms with E-state index in [1.807, 2.05) is 0 Å². The lowest BCUT2D eigenvalue weighted by Gasteiger charge is -2.20. The lowest BCUT2D eigenvalue weighted by atomic mass is 9.85. The summed E-state index contributed by atoms with van der Waals surface area (Å²) in [6.07, 6.45) is 18.2. The molecule has 0 saturated carbocycles. The SMILES string of the molecule is CCCCCc1ccccc1Cc1cccc(Cc2ccccc2CCCCC)c1Cc1ccccc1CCCCC. The molecule has 0 aliphatic rings. The second-order valence-electron chi connectivity index (χ2n) is 12.3. The summed E-state index contributed by atoms with van der Waals surface area (Å²) < 4.78 is 0. The molecular formula is C42H54. The Morgan fingerprint density at radius 3 is 0.976 bits per heavy atom. The Morgan fingerprint density at radius 1 is 0.310 bits per heavy atom. The van der Waals surface area contributed by atoms with Gasteiger partial charge in [-0.25, -0.2) is 0 Å². The molecule has 0 bridgehead atoms. The number of hydrogen-bond donors (Lipinski definition) is 0. The Balaban J connectivity index is 1.71. The predicted molar refractivity (Wildman–Crippen MR) is 184 cm³/mol. The molecule has 0 atom stereocenters. The second kappa shape index (κ2) is 17.7. The molecule has 0 fully saturated rings. The van der Waals surface area contributed by atoms with Gasteiger partial charge in [-0.1, -0.05) is 150 Å². The van der Waals surface area contributed by atoms with Crippen molar-refractivity contribution < 1.29 is 0 Å². The van der Waals surface area contributed by atoms with E-state index < -0.39 is 0 Å². The molecular weight excluding hydrogens is 504 g/mol. The van der Waals surface area contributed by atoms with Gasteiger partial charge in [0.1, 0.15) is 0 Å². The lowest BCUT2D eigenvalue weighted by Crippen LogP contribution is -2.07. The van der Waals surface area contributed by atoms with Crippen LogP contribution in [0.5, 0.6) is 0 Å². The van der Waals surface area contributed by atoms with Gasteiger partial charge >= 0.3 is 0 Å². The van der Waals surface area contributed by atoms with Crippen LogP contribution in [0.25, 0.3) is 0 Å². The molecule has 0 saturated heterocycles. The Labute approximate surface area is 257 Å². The number of hydrogen-bond acceptors (Lipinski definition) is 0. The molecule has 0 amide bonds. The zero-order valence-electron chi connectivity index (χ0n) is 26.8. The largest absolute Gasteiger partial charge is 0.0654 e. The van der Waals surface area contributed by atoms with Gasteiger partial charge in [0.15, 0.2) is 0 Å². The molecule has 0 spiro atoms. The molecule has 0 aliphatic carbocycles. The highest BCUT2D eigenvalue weighted by Crippen LogP contribution is 2.28. The molecule has 0 heterocycles. The molecule has 222 valence electrons. The first-order valence-electron chi connectivity index (χ1n) is 17.0. The van der Waals surface area contributed by atoms with E-state index in [2.05, 4.69) is 112 Å². The summed E-state index contributed by atoms with van der Waals surface area (Å²) in [5.74, 6) is 0. The van der Waals surface area contributed by atoms with Crippen LogP contribution in [0.2, 0.25) is 0 Å². The molecule has 42 heavy (non-hydrogen) atoms. The number of unbranched alkanes of at least 4 members (excludes halogenated alkanes) is 6. The van der Waals surface area contributed by atoms with Crippen molar-refractivity contribution in [1.29, 1.82) is 0 Å². The molecule has 0 aliphatic heterocycles. The van der Waals surface area contributed by atoms with E-state index in [0.29, 0.717) is 0 Å². The van der Waals surface area contributed by atoms with E-state index >= 15 is 0 Å². The van der Waals surface area contributed by atoms with Crippen LogP contribution in [0.15, 0.2) is 91.0 Å². The highest BCUT2D eigenvalue weighted by Gasteiger charge is 2.15. The van der Waals surface area contributed by atoms with Crippen molar-refractivity contribution in [3.63, 3.8) is 0 Å². The van der Waals surface area contributed by atoms with Gasteiger partial charge < -0.3 is 0 Å². The van der Waals surface area contributed by atoms with Crippen LogP contribution in [-0.2, 0) is 38.5 Å². The molecule has 0 N–H and O–H groups in total. The molecule has 4 rings (SSSR count). The van der Waals surface area contributed by atoms with Gasteiger partial charge in [0.2, 0.25) is 0 Å². The minimum Gasteiger partial charge on any atom is -0.0654 e. The maximum Gasteiger partial charge on any atom is -0.00173 e. The molecule has 4 aromatic carbocycles. The Hall–Kier alpha value is -3.12. The highest BCUT2D eigenvalue weighted by atomic mass is 14.2. The molecule has 0 unspecified atom stereocenters.